The Balaban J connectivity index is 1.51. The van der Waals surface area contributed by atoms with Crippen molar-refractivity contribution in [2.75, 3.05) is 6.54 Å². The molecule has 1 aliphatic heterocycles. The van der Waals surface area contributed by atoms with Gasteiger partial charge in [-0.25, -0.2) is 0 Å². The number of rotatable bonds is 4. The molecule has 3 heterocycles. The molecule has 2 aromatic rings. The maximum atomic E-state index is 12.7. The van der Waals surface area contributed by atoms with Gasteiger partial charge in [0, 0.05) is 17.5 Å². The highest BCUT2D eigenvalue weighted by molar-refractivity contribution is 7.18. The molecule has 0 radical (unpaired) electrons. The van der Waals surface area contributed by atoms with Gasteiger partial charge in [-0.15, -0.1) is 22.7 Å². The van der Waals surface area contributed by atoms with E-state index in [9.17, 15) is 9.59 Å². The minimum Gasteiger partial charge on any atom is -0.349 e. The fourth-order valence-electron chi connectivity index (χ4n) is 3.01. The smallest absolute Gasteiger partial charge is 0.264 e. The average Bonchev–Trinajstić information content (AvgIpc) is 3.02. The van der Waals surface area contributed by atoms with Gasteiger partial charge in [0.15, 0.2) is 0 Å². The van der Waals surface area contributed by atoms with Gasteiger partial charge in [-0.2, -0.15) is 0 Å². The van der Waals surface area contributed by atoms with Crippen molar-refractivity contribution in [1.29, 1.82) is 0 Å². The summed E-state index contributed by atoms with van der Waals surface area (Å²) in [7, 11) is 0. The van der Waals surface area contributed by atoms with Crippen LogP contribution in [-0.2, 0) is 0 Å². The Morgan fingerprint density at radius 3 is 2.58 bits per heavy atom. The molecule has 2 aliphatic rings. The molecule has 4 nitrogen and oxygen atoms in total. The molecule has 2 amide bonds. The van der Waals surface area contributed by atoms with E-state index in [1.165, 1.54) is 22.7 Å². The van der Waals surface area contributed by atoms with Crippen LogP contribution in [0, 0.1) is 0 Å². The van der Waals surface area contributed by atoms with E-state index in [0.29, 0.717) is 15.3 Å². The highest BCUT2D eigenvalue weighted by Gasteiger charge is 2.33. The zero-order valence-corrected chi connectivity index (χ0v) is 15.3. The molecule has 0 spiro atoms. The molecule has 1 N–H and O–H groups in total. The van der Waals surface area contributed by atoms with Crippen LogP contribution in [0.5, 0.6) is 0 Å². The molecule has 7 heteroatoms. The third kappa shape index (κ3) is 3.23. The number of hydrogen-bond donors (Lipinski definition) is 1. The van der Waals surface area contributed by atoms with Crippen molar-refractivity contribution in [3.05, 3.63) is 43.2 Å². The Labute approximate surface area is 153 Å². The third-order valence-corrected chi connectivity index (χ3v) is 6.79. The molecular weight excluding hydrogens is 364 g/mol. The second-order valence-corrected chi connectivity index (χ2v) is 9.04. The van der Waals surface area contributed by atoms with Gasteiger partial charge in [0.25, 0.3) is 11.8 Å². The van der Waals surface area contributed by atoms with Crippen LogP contribution in [0.3, 0.4) is 0 Å². The fourth-order valence-corrected chi connectivity index (χ4v) is 5.07. The van der Waals surface area contributed by atoms with Gasteiger partial charge in [0.05, 0.1) is 20.1 Å². The van der Waals surface area contributed by atoms with E-state index >= 15 is 0 Å². The van der Waals surface area contributed by atoms with Crippen molar-refractivity contribution in [3.63, 3.8) is 0 Å². The average molecular weight is 381 g/mol. The molecule has 0 aromatic carbocycles. The van der Waals surface area contributed by atoms with E-state index < -0.39 is 0 Å². The molecule has 1 saturated carbocycles. The number of carbonyl (C=O) groups is 2. The normalized spacial score (nSPS) is 20.4. The lowest BCUT2D eigenvalue weighted by Gasteiger charge is -2.23. The van der Waals surface area contributed by atoms with Gasteiger partial charge in [0.1, 0.15) is 0 Å². The molecule has 24 heavy (non-hydrogen) atoms. The highest BCUT2D eigenvalue weighted by atomic mass is 35.5. The number of nitrogens with zero attached hydrogens (tertiary/aromatic N) is 1. The van der Waals surface area contributed by atoms with Gasteiger partial charge in [-0.1, -0.05) is 11.6 Å². The third-order valence-electron chi connectivity index (χ3n) is 4.39. The van der Waals surface area contributed by atoms with Crippen LogP contribution in [0.2, 0.25) is 4.34 Å². The number of hydrogen-bond acceptors (Lipinski definition) is 4. The Hall–Kier alpha value is -1.37. The quantitative estimate of drug-likeness (QED) is 0.858. The summed E-state index contributed by atoms with van der Waals surface area (Å²) >= 11 is 8.77. The van der Waals surface area contributed by atoms with Crippen molar-refractivity contribution >= 4 is 46.1 Å². The first kappa shape index (κ1) is 16.1. The summed E-state index contributed by atoms with van der Waals surface area (Å²) in [5, 5.41) is 3.01. The van der Waals surface area contributed by atoms with E-state index in [4.69, 9.17) is 11.6 Å². The molecule has 1 saturated heterocycles. The first-order chi connectivity index (χ1) is 11.6. The number of carbonyl (C=O) groups excluding carboxylic acids is 2. The Bertz CT molecular complexity index is 781. The van der Waals surface area contributed by atoms with Crippen LogP contribution in [0.15, 0.2) is 24.3 Å². The van der Waals surface area contributed by atoms with Gasteiger partial charge >= 0.3 is 0 Å². The number of nitrogens with one attached hydrogen (secondary N) is 1. The molecule has 1 aliphatic carbocycles. The summed E-state index contributed by atoms with van der Waals surface area (Å²) in [6, 6.07) is 7.83. The van der Waals surface area contributed by atoms with E-state index in [2.05, 4.69) is 5.32 Å². The summed E-state index contributed by atoms with van der Waals surface area (Å²) in [6.45, 7) is 0.751. The van der Waals surface area contributed by atoms with Crippen LogP contribution in [-0.4, -0.2) is 29.3 Å². The van der Waals surface area contributed by atoms with Crippen molar-refractivity contribution in [2.45, 2.75) is 37.8 Å². The number of thiophene rings is 2. The van der Waals surface area contributed by atoms with Crippen molar-refractivity contribution < 1.29 is 9.59 Å². The number of amides is 2. The van der Waals surface area contributed by atoms with E-state index in [1.807, 2.05) is 17.0 Å². The van der Waals surface area contributed by atoms with Crippen molar-refractivity contribution in [3.8, 4) is 0 Å². The van der Waals surface area contributed by atoms with E-state index in [-0.39, 0.29) is 17.9 Å². The largest absolute Gasteiger partial charge is 0.349 e. The first-order valence-corrected chi connectivity index (χ1v) is 10.1. The summed E-state index contributed by atoms with van der Waals surface area (Å²) < 4.78 is 0.629. The minimum atomic E-state index is 0.00895. The topological polar surface area (TPSA) is 49.4 Å². The van der Waals surface area contributed by atoms with E-state index in [1.54, 1.807) is 12.1 Å². The SMILES string of the molecule is O=C(NC1CC1)c1ccc([C@@H]2CCCN2C(=O)c2ccc(Cl)s2)s1. The standard InChI is InChI=1S/C17H17ClN2O2S2/c18-15-8-7-14(24-15)17(22)20-9-1-2-11(20)12-5-6-13(23-12)16(21)19-10-3-4-10/h5-8,10-11H,1-4,9H2,(H,19,21)/t11-/m0/s1. The summed E-state index contributed by atoms with van der Waals surface area (Å²) in [4.78, 5) is 29.3. The Morgan fingerprint density at radius 2 is 1.88 bits per heavy atom. The minimum absolute atomic E-state index is 0.00895. The van der Waals surface area contributed by atoms with Gasteiger partial charge < -0.3 is 10.2 Å². The molecule has 1 atom stereocenters. The van der Waals surface area contributed by atoms with Crippen LogP contribution in [0.25, 0.3) is 0 Å². The lowest BCUT2D eigenvalue weighted by Crippen LogP contribution is -2.29. The molecule has 2 fully saturated rings. The lowest BCUT2D eigenvalue weighted by molar-refractivity contribution is 0.0742. The van der Waals surface area contributed by atoms with Gasteiger partial charge in [-0.3, -0.25) is 9.59 Å². The summed E-state index contributed by atoms with van der Waals surface area (Å²) in [5.74, 6) is 0.0430. The summed E-state index contributed by atoms with van der Waals surface area (Å²) in [6.07, 6.45) is 4.09. The Kier molecular flexibility index (Phi) is 4.37. The molecular formula is C17H17ClN2O2S2. The maximum absolute atomic E-state index is 12.7. The molecule has 2 aromatic heterocycles. The second kappa shape index (κ2) is 6.50. The predicted molar refractivity (Wildman–Crippen MR) is 97.1 cm³/mol. The molecule has 0 unspecified atom stereocenters. The first-order valence-electron chi connectivity index (χ1n) is 8.09. The zero-order chi connectivity index (χ0) is 16.7. The van der Waals surface area contributed by atoms with Gasteiger partial charge in [0.2, 0.25) is 0 Å². The second-order valence-electron chi connectivity index (χ2n) is 6.21. The highest BCUT2D eigenvalue weighted by Crippen LogP contribution is 2.38. The predicted octanol–water partition coefficient (Wildman–Crippen LogP) is 4.33. The Morgan fingerprint density at radius 1 is 1.08 bits per heavy atom. The monoisotopic (exact) mass is 380 g/mol. The maximum Gasteiger partial charge on any atom is 0.264 e. The lowest BCUT2D eigenvalue weighted by atomic mass is 10.2. The van der Waals surface area contributed by atoms with E-state index in [0.717, 1.165) is 42.0 Å². The van der Waals surface area contributed by atoms with Crippen molar-refractivity contribution in [1.82, 2.24) is 10.2 Å². The van der Waals surface area contributed by atoms with Crippen LogP contribution in [0.1, 0.15) is 55.9 Å². The van der Waals surface area contributed by atoms with Gasteiger partial charge in [-0.05, 0) is 49.9 Å². The van der Waals surface area contributed by atoms with Crippen molar-refractivity contribution in [2.24, 2.45) is 0 Å². The fraction of sp³-hybridized carbons (Fsp3) is 0.412. The summed E-state index contributed by atoms with van der Waals surface area (Å²) in [5.41, 5.74) is 0. The molecule has 0 bridgehead atoms. The molecule has 126 valence electrons. The van der Waals surface area contributed by atoms with Crippen LogP contribution < -0.4 is 5.32 Å². The van der Waals surface area contributed by atoms with Crippen LogP contribution in [0.4, 0.5) is 0 Å². The number of likely N-dealkylation sites (tertiary alicyclic amines) is 1. The van der Waals surface area contributed by atoms with Crippen LogP contribution >= 0.6 is 34.3 Å². The zero-order valence-electron chi connectivity index (χ0n) is 13.0. The molecule has 4 rings (SSSR count). The number of halogens is 1.